The molecule has 1 amide bonds. The summed E-state index contributed by atoms with van der Waals surface area (Å²) in [6.07, 6.45) is 1.76. The molecule has 0 aliphatic heterocycles. The number of imidazole rings is 1. The van der Waals surface area contributed by atoms with Crippen LogP contribution in [0.25, 0.3) is 11.0 Å². The van der Waals surface area contributed by atoms with E-state index in [2.05, 4.69) is 10.3 Å². The summed E-state index contributed by atoms with van der Waals surface area (Å²) in [5.41, 5.74) is 2.24. The molecule has 0 bridgehead atoms. The summed E-state index contributed by atoms with van der Waals surface area (Å²) in [5, 5.41) is 8.59. The third kappa shape index (κ3) is 6.34. The van der Waals surface area contributed by atoms with E-state index in [-0.39, 0.29) is 22.5 Å². The van der Waals surface area contributed by atoms with Crippen LogP contribution in [0, 0.1) is 0 Å². The molecule has 0 spiro atoms. The Morgan fingerprint density at radius 3 is 2.52 bits per heavy atom. The number of nitrogens with zero attached hydrogens (tertiary/aromatic N) is 2. The van der Waals surface area contributed by atoms with Gasteiger partial charge in [-0.05, 0) is 55.8 Å². The second kappa shape index (κ2) is 10.8. The number of nitrogens with two attached hydrogens (primary N) is 1. The highest BCUT2D eigenvalue weighted by Gasteiger charge is 2.16. The van der Waals surface area contributed by atoms with Crippen LogP contribution >= 0.6 is 11.8 Å². The van der Waals surface area contributed by atoms with E-state index >= 15 is 0 Å². The number of carbonyl (C=O) groups excluding carboxylic acids is 2. The van der Waals surface area contributed by atoms with E-state index in [1.54, 1.807) is 30.3 Å². The molecule has 3 rings (SSSR count). The minimum Gasteiger partial charge on any atom is -0.462 e. The Bertz CT molecular complexity index is 1250. The molecule has 0 unspecified atom stereocenters. The van der Waals surface area contributed by atoms with E-state index in [1.165, 1.54) is 23.9 Å². The third-order valence-corrected chi connectivity index (χ3v) is 6.68. The van der Waals surface area contributed by atoms with Gasteiger partial charge in [0.2, 0.25) is 15.9 Å². The van der Waals surface area contributed by atoms with Crippen LogP contribution in [-0.2, 0) is 26.1 Å². The fourth-order valence-corrected chi connectivity index (χ4v) is 4.50. The molecule has 9 nitrogen and oxygen atoms in total. The number of aromatic nitrogens is 2. The maximum absolute atomic E-state index is 12.4. The zero-order valence-corrected chi connectivity index (χ0v) is 20.0. The Hall–Kier alpha value is -2.89. The number of hydrogen-bond donors (Lipinski definition) is 2. The molecule has 3 aromatic rings. The second-order valence-corrected chi connectivity index (χ2v) is 9.74. The lowest BCUT2D eigenvalue weighted by Gasteiger charge is -2.08. The number of amides is 1. The van der Waals surface area contributed by atoms with Crippen LogP contribution in [0.4, 0.5) is 5.69 Å². The molecule has 33 heavy (non-hydrogen) atoms. The molecule has 0 aliphatic carbocycles. The van der Waals surface area contributed by atoms with Crippen molar-refractivity contribution in [2.45, 2.75) is 43.3 Å². The molecule has 1 aromatic heterocycles. The highest BCUT2D eigenvalue weighted by Crippen LogP contribution is 2.26. The molecule has 0 fully saturated rings. The summed E-state index contributed by atoms with van der Waals surface area (Å²) in [6, 6.07) is 11.0. The van der Waals surface area contributed by atoms with Crippen LogP contribution in [0.15, 0.2) is 52.5 Å². The number of nitrogens with one attached hydrogen (secondary N) is 1. The summed E-state index contributed by atoms with van der Waals surface area (Å²) in [6.45, 7) is 4.95. The molecular weight excluding hydrogens is 464 g/mol. The first kappa shape index (κ1) is 24.7. The van der Waals surface area contributed by atoms with E-state index in [4.69, 9.17) is 9.88 Å². The molecule has 0 saturated heterocycles. The molecule has 3 N–H and O–H groups in total. The lowest BCUT2D eigenvalue weighted by molar-refractivity contribution is -0.113. The quantitative estimate of drug-likeness (QED) is 0.253. The molecule has 2 aromatic carbocycles. The van der Waals surface area contributed by atoms with Gasteiger partial charge >= 0.3 is 5.97 Å². The van der Waals surface area contributed by atoms with Crippen LogP contribution in [0.5, 0.6) is 0 Å². The predicted molar refractivity (Wildman–Crippen MR) is 128 cm³/mol. The van der Waals surface area contributed by atoms with Crippen LogP contribution in [0.1, 0.15) is 37.0 Å². The highest BCUT2D eigenvalue weighted by molar-refractivity contribution is 7.99. The van der Waals surface area contributed by atoms with Crippen molar-refractivity contribution in [2.75, 3.05) is 17.7 Å². The van der Waals surface area contributed by atoms with Gasteiger partial charge in [-0.2, -0.15) is 0 Å². The standard InChI is InChI=1S/C22H26N4O5S2/c1-3-5-12-31-21(28)15-6-8-16(9-7-15)24-20(27)14-32-22-25-18-13-17(33(23,29)30)10-11-19(18)26(22)4-2/h6-11,13H,3-5,12,14H2,1-2H3,(H,24,27)(H2,23,29,30). The molecule has 176 valence electrons. The molecular formula is C22H26N4O5S2. The van der Waals surface area contributed by atoms with Crippen molar-refractivity contribution in [3.8, 4) is 0 Å². The molecule has 0 radical (unpaired) electrons. The number of carbonyl (C=O) groups is 2. The number of esters is 1. The van der Waals surface area contributed by atoms with Gasteiger partial charge in [-0.3, -0.25) is 4.79 Å². The first-order valence-corrected chi connectivity index (χ1v) is 13.0. The number of fused-ring (bicyclic) bond motifs is 1. The van der Waals surface area contributed by atoms with E-state index in [0.29, 0.717) is 35.1 Å². The predicted octanol–water partition coefficient (Wildman–Crippen LogP) is 3.39. The van der Waals surface area contributed by atoms with E-state index in [1.807, 2.05) is 18.4 Å². The monoisotopic (exact) mass is 490 g/mol. The van der Waals surface area contributed by atoms with Gasteiger partial charge in [0.25, 0.3) is 0 Å². The van der Waals surface area contributed by atoms with Crippen molar-refractivity contribution in [2.24, 2.45) is 5.14 Å². The number of rotatable bonds is 10. The van der Waals surface area contributed by atoms with Crippen molar-refractivity contribution in [3.63, 3.8) is 0 Å². The van der Waals surface area contributed by atoms with Crippen molar-refractivity contribution < 1.29 is 22.7 Å². The van der Waals surface area contributed by atoms with Gasteiger partial charge in [-0.1, -0.05) is 25.1 Å². The summed E-state index contributed by atoms with van der Waals surface area (Å²) < 4.78 is 30.3. The molecule has 1 heterocycles. The SMILES string of the molecule is CCCCOC(=O)c1ccc(NC(=O)CSc2nc3cc(S(N)(=O)=O)ccc3n2CC)cc1. The van der Waals surface area contributed by atoms with Gasteiger partial charge < -0.3 is 14.6 Å². The summed E-state index contributed by atoms with van der Waals surface area (Å²) in [5.74, 6) is -0.522. The number of aryl methyl sites for hydroxylation is 1. The summed E-state index contributed by atoms with van der Waals surface area (Å²) in [7, 11) is -3.83. The number of primary sulfonamides is 1. The van der Waals surface area contributed by atoms with Crippen molar-refractivity contribution in [1.82, 2.24) is 9.55 Å². The zero-order chi connectivity index (χ0) is 24.0. The fourth-order valence-electron chi connectivity index (χ4n) is 3.09. The molecule has 0 saturated carbocycles. The number of benzene rings is 2. The Morgan fingerprint density at radius 2 is 1.88 bits per heavy atom. The maximum Gasteiger partial charge on any atom is 0.338 e. The van der Waals surface area contributed by atoms with Gasteiger partial charge in [0.1, 0.15) is 0 Å². The number of ether oxygens (including phenoxy) is 1. The number of anilines is 1. The Morgan fingerprint density at radius 1 is 1.15 bits per heavy atom. The first-order chi connectivity index (χ1) is 15.7. The van der Waals surface area contributed by atoms with Gasteiger partial charge in [-0.25, -0.2) is 23.3 Å². The van der Waals surface area contributed by atoms with E-state index in [9.17, 15) is 18.0 Å². The van der Waals surface area contributed by atoms with E-state index < -0.39 is 10.0 Å². The van der Waals surface area contributed by atoms with Gasteiger partial charge in [0.15, 0.2) is 5.16 Å². The number of thioether (sulfide) groups is 1. The average Bonchev–Trinajstić information content (AvgIpc) is 3.14. The van der Waals surface area contributed by atoms with Crippen molar-refractivity contribution in [1.29, 1.82) is 0 Å². The normalized spacial score (nSPS) is 11.5. The Balaban J connectivity index is 1.63. The summed E-state index contributed by atoms with van der Waals surface area (Å²) in [4.78, 5) is 28.8. The van der Waals surface area contributed by atoms with Gasteiger partial charge in [0, 0.05) is 12.2 Å². The topological polar surface area (TPSA) is 133 Å². The van der Waals surface area contributed by atoms with Crippen molar-refractivity contribution >= 4 is 50.4 Å². The third-order valence-electron chi connectivity index (χ3n) is 4.80. The van der Waals surface area contributed by atoms with Crippen LogP contribution in [0.3, 0.4) is 0 Å². The second-order valence-electron chi connectivity index (χ2n) is 7.24. The lowest BCUT2D eigenvalue weighted by atomic mass is 10.2. The average molecular weight is 491 g/mol. The van der Waals surface area contributed by atoms with Crippen LogP contribution in [-0.4, -0.2) is 42.2 Å². The van der Waals surface area contributed by atoms with E-state index in [0.717, 1.165) is 18.4 Å². The number of unbranched alkanes of at least 4 members (excludes halogenated alkanes) is 1. The largest absolute Gasteiger partial charge is 0.462 e. The first-order valence-electron chi connectivity index (χ1n) is 10.5. The fraction of sp³-hybridized carbons (Fsp3) is 0.318. The molecule has 0 atom stereocenters. The molecule has 0 aliphatic rings. The van der Waals surface area contributed by atoms with Crippen molar-refractivity contribution in [3.05, 3.63) is 48.0 Å². The molecule has 11 heteroatoms. The Kier molecular flexibility index (Phi) is 8.11. The minimum absolute atomic E-state index is 0.0114. The van der Waals surface area contributed by atoms with Crippen LogP contribution in [0.2, 0.25) is 0 Å². The Labute approximate surface area is 196 Å². The smallest absolute Gasteiger partial charge is 0.338 e. The maximum atomic E-state index is 12.4. The zero-order valence-electron chi connectivity index (χ0n) is 18.4. The highest BCUT2D eigenvalue weighted by atomic mass is 32.2. The minimum atomic E-state index is -3.83. The summed E-state index contributed by atoms with van der Waals surface area (Å²) >= 11 is 1.24. The van der Waals surface area contributed by atoms with Gasteiger partial charge in [-0.15, -0.1) is 0 Å². The van der Waals surface area contributed by atoms with Gasteiger partial charge in [0.05, 0.1) is 33.9 Å². The number of hydrogen-bond acceptors (Lipinski definition) is 7. The number of sulfonamides is 1. The van der Waals surface area contributed by atoms with Crippen LogP contribution < -0.4 is 10.5 Å². The lowest BCUT2D eigenvalue weighted by Crippen LogP contribution is -2.15.